The van der Waals surface area contributed by atoms with Crippen molar-refractivity contribution in [2.75, 3.05) is 5.32 Å². The summed E-state index contributed by atoms with van der Waals surface area (Å²) in [6, 6.07) is 34.4. The normalized spacial score (nSPS) is 10.6. The van der Waals surface area contributed by atoms with Crippen LogP contribution in [0.15, 0.2) is 115 Å². The molecule has 1 amide bonds. The fourth-order valence-electron chi connectivity index (χ4n) is 3.07. The van der Waals surface area contributed by atoms with Crippen LogP contribution >= 0.6 is 0 Å². The van der Waals surface area contributed by atoms with E-state index >= 15 is 0 Å². The number of ether oxygens (including phenoxy) is 2. The predicted octanol–water partition coefficient (Wildman–Crippen LogP) is 6.71. The highest BCUT2D eigenvalue weighted by molar-refractivity contribution is 6.02. The van der Waals surface area contributed by atoms with Crippen LogP contribution < -0.4 is 14.8 Å². The Kier molecular flexibility index (Phi) is 6.96. The first-order valence-corrected chi connectivity index (χ1v) is 10.3. The maximum absolute atomic E-state index is 12.5. The summed E-state index contributed by atoms with van der Waals surface area (Å²) in [5, 5.41) is 2.88. The van der Waals surface area contributed by atoms with Crippen molar-refractivity contribution >= 4 is 17.7 Å². The van der Waals surface area contributed by atoms with Gasteiger partial charge in [0.2, 0.25) is 5.91 Å². The van der Waals surface area contributed by atoms with E-state index in [-0.39, 0.29) is 5.91 Å². The van der Waals surface area contributed by atoms with Crippen molar-refractivity contribution in [3.63, 3.8) is 0 Å². The molecule has 32 heavy (non-hydrogen) atoms. The van der Waals surface area contributed by atoms with E-state index in [2.05, 4.69) is 5.32 Å². The molecular weight excluding hydrogens is 398 g/mol. The van der Waals surface area contributed by atoms with Gasteiger partial charge in [-0.1, -0.05) is 72.8 Å². The summed E-state index contributed by atoms with van der Waals surface area (Å²) in [6.07, 6.45) is 3.25. The van der Waals surface area contributed by atoms with Crippen LogP contribution in [0.4, 0.5) is 5.69 Å². The van der Waals surface area contributed by atoms with E-state index in [0.717, 1.165) is 16.9 Å². The van der Waals surface area contributed by atoms with E-state index in [4.69, 9.17) is 9.47 Å². The first-order chi connectivity index (χ1) is 15.8. The Labute approximate surface area is 187 Å². The summed E-state index contributed by atoms with van der Waals surface area (Å²) >= 11 is 0. The zero-order chi connectivity index (χ0) is 22.0. The molecule has 0 aliphatic rings. The molecule has 0 unspecified atom stereocenters. The van der Waals surface area contributed by atoms with Gasteiger partial charge in [-0.25, -0.2) is 0 Å². The lowest BCUT2D eigenvalue weighted by Crippen LogP contribution is -2.08. The molecule has 4 aromatic carbocycles. The maximum atomic E-state index is 12.5. The molecule has 158 valence electrons. The lowest BCUT2D eigenvalue weighted by molar-refractivity contribution is -0.111. The molecule has 0 radical (unpaired) electrons. The van der Waals surface area contributed by atoms with Crippen LogP contribution in [-0.4, -0.2) is 5.91 Å². The van der Waals surface area contributed by atoms with Crippen LogP contribution in [-0.2, 0) is 11.4 Å². The van der Waals surface area contributed by atoms with Crippen molar-refractivity contribution in [3.8, 4) is 17.2 Å². The number of carbonyl (C=O) groups is 1. The summed E-state index contributed by atoms with van der Waals surface area (Å²) in [6.45, 7) is 0.493. The van der Waals surface area contributed by atoms with Gasteiger partial charge in [-0.3, -0.25) is 4.79 Å². The van der Waals surface area contributed by atoms with Gasteiger partial charge in [-0.2, -0.15) is 0 Å². The maximum Gasteiger partial charge on any atom is 0.248 e. The molecule has 0 atom stereocenters. The summed E-state index contributed by atoms with van der Waals surface area (Å²) in [7, 11) is 0. The molecule has 4 nitrogen and oxygen atoms in total. The van der Waals surface area contributed by atoms with Crippen molar-refractivity contribution in [3.05, 3.63) is 126 Å². The number of anilines is 1. The number of rotatable bonds is 8. The number of benzene rings is 4. The van der Waals surface area contributed by atoms with E-state index in [1.165, 1.54) is 6.08 Å². The SMILES string of the molecule is O=C(/C=C/c1cccc(OCc2ccccc2)c1)Nc1ccccc1Oc1ccccc1. The molecule has 0 aliphatic carbocycles. The van der Waals surface area contributed by atoms with Crippen LogP contribution in [0.25, 0.3) is 6.08 Å². The number of amides is 1. The van der Waals surface area contributed by atoms with Gasteiger partial charge in [0.1, 0.15) is 18.1 Å². The molecule has 0 aliphatic heterocycles. The molecule has 1 N–H and O–H groups in total. The standard InChI is InChI=1S/C28H23NO3/c30-28(29-26-16-7-8-17-27(26)32-24-13-5-2-6-14-24)19-18-22-12-9-15-25(20-22)31-21-23-10-3-1-4-11-23/h1-20H,21H2,(H,29,30)/b19-18+. The smallest absolute Gasteiger partial charge is 0.248 e. The highest BCUT2D eigenvalue weighted by atomic mass is 16.5. The lowest BCUT2D eigenvalue weighted by atomic mass is 10.2. The Bertz CT molecular complexity index is 1190. The minimum absolute atomic E-state index is 0.246. The van der Waals surface area contributed by atoms with Crippen LogP contribution in [0.2, 0.25) is 0 Å². The number of nitrogens with one attached hydrogen (secondary N) is 1. The quantitative estimate of drug-likeness (QED) is 0.322. The van der Waals surface area contributed by atoms with Crippen molar-refractivity contribution in [1.29, 1.82) is 0 Å². The fraction of sp³-hybridized carbons (Fsp3) is 0.0357. The van der Waals surface area contributed by atoms with Crippen LogP contribution in [0, 0.1) is 0 Å². The number of carbonyl (C=O) groups excluding carboxylic acids is 1. The van der Waals surface area contributed by atoms with Gasteiger partial charge in [-0.15, -0.1) is 0 Å². The molecule has 0 bridgehead atoms. The van der Waals surface area contributed by atoms with E-state index in [0.29, 0.717) is 23.8 Å². The molecule has 0 aromatic heterocycles. The first-order valence-electron chi connectivity index (χ1n) is 10.3. The second-order valence-corrected chi connectivity index (χ2v) is 7.08. The average Bonchev–Trinajstić information content (AvgIpc) is 2.84. The molecular formula is C28H23NO3. The highest BCUT2D eigenvalue weighted by Gasteiger charge is 2.06. The molecule has 0 saturated carbocycles. The molecule has 0 heterocycles. The molecule has 0 fully saturated rings. The number of hydrogen-bond acceptors (Lipinski definition) is 3. The van der Waals surface area contributed by atoms with Crippen molar-refractivity contribution in [1.82, 2.24) is 0 Å². The van der Waals surface area contributed by atoms with Crippen LogP contribution in [0.1, 0.15) is 11.1 Å². The molecule has 0 spiro atoms. The Morgan fingerprint density at radius 3 is 2.25 bits per heavy atom. The van der Waals surface area contributed by atoms with Gasteiger partial charge >= 0.3 is 0 Å². The summed E-state index contributed by atoms with van der Waals surface area (Å²) < 4.78 is 11.8. The average molecular weight is 421 g/mol. The topological polar surface area (TPSA) is 47.6 Å². The number of para-hydroxylation sites is 3. The predicted molar refractivity (Wildman–Crippen MR) is 128 cm³/mol. The van der Waals surface area contributed by atoms with Gasteiger partial charge in [0, 0.05) is 6.08 Å². The van der Waals surface area contributed by atoms with Gasteiger partial charge in [0.25, 0.3) is 0 Å². The second-order valence-electron chi connectivity index (χ2n) is 7.08. The van der Waals surface area contributed by atoms with E-state index in [9.17, 15) is 4.79 Å². The van der Waals surface area contributed by atoms with Crippen molar-refractivity contribution in [2.45, 2.75) is 6.61 Å². The second kappa shape index (κ2) is 10.6. The van der Waals surface area contributed by atoms with E-state index in [1.807, 2.05) is 109 Å². The lowest BCUT2D eigenvalue weighted by Gasteiger charge is -2.11. The molecule has 4 aromatic rings. The van der Waals surface area contributed by atoms with Crippen molar-refractivity contribution in [2.24, 2.45) is 0 Å². The first kappa shape index (κ1) is 20.9. The zero-order valence-electron chi connectivity index (χ0n) is 17.5. The summed E-state index contributed by atoms with van der Waals surface area (Å²) in [5.41, 5.74) is 2.58. The third-order valence-electron chi connectivity index (χ3n) is 4.65. The van der Waals surface area contributed by atoms with E-state index < -0.39 is 0 Å². The monoisotopic (exact) mass is 421 g/mol. The Hall–Kier alpha value is -4.31. The largest absolute Gasteiger partial charge is 0.489 e. The summed E-state index contributed by atoms with van der Waals surface area (Å²) in [4.78, 5) is 12.5. The summed E-state index contributed by atoms with van der Waals surface area (Å²) in [5.74, 6) is 1.79. The van der Waals surface area contributed by atoms with Gasteiger partial charge < -0.3 is 14.8 Å². The fourth-order valence-corrected chi connectivity index (χ4v) is 3.07. The Balaban J connectivity index is 1.38. The van der Waals surface area contributed by atoms with Gasteiger partial charge in [0.15, 0.2) is 5.75 Å². The zero-order valence-corrected chi connectivity index (χ0v) is 17.5. The van der Waals surface area contributed by atoms with Crippen LogP contribution in [0.5, 0.6) is 17.2 Å². The molecule has 4 rings (SSSR count). The third kappa shape index (κ3) is 6.09. The minimum atomic E-state index is -0.246. The van der Waals surface area contributed by atoms with Crippen molar-refractivity contribution < 1.29 is 14.3 Å². The molecule has 0 saturated heterocycles. The Morgan fingerprint density at radius 1 is 0.750 bits per heavy atom. The van der Waals surface area contributed by atoms with Crippen LogP contribution in [0.3, 0.4) is 0 Å². The number of hydrogen-bond donors (Lipinski definition) is 1. The Morgan fingerprint density at radius 2 is 1.44 bits per heavy atom. The van der Waals surface area contributed by atoms with Gasteiger partial charge in [-0.05, 0) is 53.6 Å². The highest BCUT2D eigenvalue weighted by Crippen LogP contribution is 2.29. The van der Waals surface area contributed by atoms with E-state index in [1.54, 1.807) is 6.08 Å². The molecule has 4 heteroatoms. The third-order valence-corrected chi connectivity index (χ3v) is 4.65. The van der Waals surface area contributed by atoms with Gasteiger partial charge in [0.05, 0.1) is 5.69 Å². The minimum Gasteiger partial charge on any atom is -0.489 e.